The zero-order chi connectivity index (χ0) is 23.1. The Bertz CT molecular complexity index is 1150. The number of amides is 2. The van der Waals surface area contributed by atoms with Gasteiger partial charge in [-0.2, -0.15) is 5.10 Å². The highest BCUT2D eigenvalue weighted by atomic mass is 35.5. The van der Waals surface area contributed by atoms with Gasteiger partial charge in [-0.1, -0.05) is 53.0 Å². The van der Waals surface area contributed by atoms with Gasteiger partial charge >= 0.3 is 11.8 Å². The highest BCUT2D eigenvalue weighted by Crippen LogP contribution is 2.29. The van der Waals surface area contributed by atoms with Crippen LogP contribution in [-0.4, -0.2) is 17.5 Å². The molecule has 9 heteroatoms. The molecule has 2 amide bonds. The average molecular weight is 491 g/mol. The van der Waals surface area contributed by atoms with Crippen LogP contribution in [0.25, 0.3) is 0 Å². The maximum atomic E-state index is 12.1. The van der Waals surface area contributed by atoms with E-state index in [1.807, 2.05) is 12.1 Å². The van der Waals surface area contributed by atoms with Gasteiger partial charge in [0.15, 0.2) is 0 Å². The lowest BCUT2D eigenvalue weighted by Gasteiger charge is -2.08. The van der Waals surface area contributed by atoms with E-state index in [0.29, 0.717) is 23.1 Å². The van der Waals surface area contributed by atoms with Crippen molar-refractivity contribution < 1.29 is 14.3 Å². The molecule has 0 heterocycles. The minimum atomic E-state index is -0.941. The third kappa shape index (κ3) is 6.47. The Balaban J connectivity index is 1.54. The molecule has 2 N–H and O–H groups in total. The smallest absolute Gasteiger partial charge is 0.329 e. The van der Waals surface area contributed by atoms with E-state index >= 15 is 0 Å². The monoisotopic (exact) mass is 489 g/mol. The summed E-state index contributed by atoms with van der Waals surface area (Å²) in [5.41, 5.74) is 4.71. The molecule has 0 unspecified atom stereocenters. The van der Waals surface area contributed by atoms with E-state index in [9.17, 15) is 9.59 Å². The first kappa shape index (κ1) is 23.6. The van der Waals surface area contributed by atoms with Crippen LogP contribution in [0.1, 0.15) is 18.1 Å². The first-order valence-corrected chi connectivity index (χ1v) is 10.5. The highest BCUT2D eigenvalue weighted by Gasteiger charge is 2.15. The molecule has 0 aliphatic carbocycles. The second-order valence-electron chi connectivity index (χ2n) is 6.63. The molecule has 3 aromatic carbocycles. The van der Waals surface area contributed by atoms with Gasteiger partial charge in [0, 0.05) is 5.02 Å². The number of ether oxygens (including phenoxy) is 1. The number of nitrogens with one attached hydrogen (secondary N) is 2. The van der Waals surface area contributed by atoms with Gasteiger partial charge in [-0.3, -0.25) is 9.59 Å². The van der Waals surface area contributed by atoms with Gasteiger partial charge in [0.1, 0.15) is 12.4 Å². The van der Waals surface area contributed by atoms with Crippen molar-refractivity contribution in [3.63, 3.8) is 0 Å². The summed E-state index contributed by atoms with van der Waals surface area (Å²) >= 11 is 17.8. The van der Waals surface area contributed by atoms with Crippen molar-refractivity contribution in [1.82, 2.24) is 5.43 Å². The second-order valence-corrected chi connectivity index (χ2v) is 7.85. The molecule has 0 atom stereocenters. The number of hydrogen-bond acceptors (Lipinski definition) is 4. The van der Waals surface area contributed by atoms with Crippen LogP contribution in [-0.2, 0) is 16.2 Å². The molecule has 3 rings (SSSR count). The third-order valence-electron chi connectivity index (χ3n) is 4.32. The molecule has 0 spiro atoms. The summed E-state index contributed by atoms with van der Waals surface area (Å²) in [5, 5.41) is 7.45. The van der Waals surface area contributed by atoms with Crippen molar-refractivity contribution in [2.45, 2.75) is 13.5 Å². The van der Waals surface area contributed by atoms with Gasteiger partial charge < -0.3 is 10.1 Å². The summed E-state index contributed by atoms with van der Waals surface area (Å²) in [6, 6.07) is 19.3. The number of carbonyl (C=O) groups is 2. The van der Waals surface area contributed by atoms with E-state index in [2.05, 4.69) is 15.8 Å². The fourth-order valence-electron chi connectivity index (χ4n) is 2.57. The van der Waals surface area contributed by atoms with Crippen LogP contribution >= 0.6 is 34.8 Å². The fourth-order valence-corrected chi connectivity index (χ4v) is 3.04. The van der Waals surface area contributed by atoms with E-state index in [1.54, 1.807) is 55.5 Å². The van der Waals surface area contributed by atoms with Crippen molar-refractivity contribution in [2.75, 3.05) is 5.32 Å². The van der Waals surface area contributed by atoms with E-state index in [1.165, 1.54) is 6.07 Å². The summed E-state index contributed by atoms with van der Waals surface area (Å²) in [5.74, 6) is -1.18. The Hall–Kier alpha value is -3.06. The van der Waals surface area contributed by atoms with Crippen LogP contribution in [0.3, 0.4) is 0 Å². The summed E-state index contributed by atoms with van der Waals surface area (Å²) in [7, 11) is 0. The number of halogens is 3. The standard InChI is InChI=1S/C23H18Cl3N3O3/c1-14(28-29-23(31)22(30)27-20-4-2-3-19(25)21(20)26)16-7-11-18(12-8-16)32-13-15-5-9-17(24)10-6-15/h2-12H,13H2,1H3,(H,27,30)(H,29,31)/b28-14+. The first-order valence-electron chi connectivity index (χ1n) is 9.41. The maximum Gasteiger partial charge on any atom is 0.329 e. The number of benzene rings is 3. The number of hydrazone groups is 1. The number of hydrogen-bond donors (Lipinski definition) is 2. The van der Waals surface area contributed by atoms with Crippen LogP contribution in [0.2, 0.25) is 15.1 Å². The van der Waals surface area contributed by atoms with Crippen LogP contribution in [0.5, 0.6) is 5.75 Å². The molecule has 0 aromatic heterocycles. The molecule has 0 aliphatic heterocycles. The molecule has 0 bridgehead atoms. The van der Waals surface area contributed by atoms with Crippen molar-refractivity contribution in [1.29, 1.82) is 0 Å². The quantitative estimate of drug-likeness (QED) is 0.264. The second kappa shape index (κ2) is 11.0. The lowest BCUT2D eigenvalue weighted by Crippen LogP contribution is -2.33. The Morgan fingerprint density at radius 2 is 1.59 bits per heavy atom. The number of carbonyl (C=O) groups excluding carboxylic acids is 2. The van der Waals surface area contributed by atoms with Gasteiger partial charge in [-0.05, 0) is 66.6 Å². The SMILES string of the molecule is C/C(=N\NC(=O)C(=O)Nc1cccc(Cl)c1Cl)c1ccc(OCc2ccc(Cl)cc2)cc1. The Morgan fingerprint density at radius 3 is 2.28 bits per heavy atom. The van der Waals surface area contributed by atoms with Gasteiger partial charge in [-0.25, -0.2) is 5.43 Å². The van der Waals surface area contributed by atoms with E-state index in [0.717, 1.165) is 11.1 Å². The number of nitrogens with zero attached hydrogens (tertiary/aromatic N) is 1. The summed E-state index contributed by atoms with van der Waals surface area (Å²) in [4.78, 5) is 24.1. The Labute approximate surface area is 200 Å². The van der Waals surface area contributed by atoms with Gasteiger partial charge in [-0.15, -0.1) is 0 Å². The molecular formula is C23H18Cl3N3O3. The van der Waals surface area contributed by atoms with Gasteiger partial charge in [0.25, 0.3) is 0 Å². The maximum absolute atomic E-state index is 12.1. The molecule has 0 saturated heterocycles. The zero-order valence-electron chi connectivity index (χ0n) is 16.9. The molecule has 32 heavy (non-hydrogen) atoms. The lowest BCUT2D eigenvalue weighted by molar-refractivity contribution is -0.136. The highest BCUT2D eigenvalue weighted by molar-refractivity contribution is 6.45. The van der Waals surface area contributed by atoms with Crippen LogP contribution in [0.15, 0.2) is 71.8 Å². The number of rotatable bonds is 6. The molecular weight excluding hydrogens is 473 g/mol. The number of anilines is 1. The minimum Gasteiger partial charge on any atom is -0.489 e. The van der Waals surface area contributed by atoms with Gasteiger partial charge in [0.2, 0.25) is 0 Å². The zero-order valence-corrected chi connectivity index (χ0v) is 19.1. The molecule has 0 fully saturated rings. The predicted molar refractivity (Wildman–Crippen MR) is 128 cm³/mol. The van der Waals surface area contributed by atoms with Crippen molar-refractivity contribution in [3.8, 4) is 5.75 Å². The van der Waals surface area contributed by atoms with Crippen molar-refractivity contribution in [3.05, 3.63) is 92.9 Å². The Kier molecular flexibility index (Phi) is 8.11. The summed E-state index contributed by atoms with van der Waals surface area (Å²) < 4.78 is 5.75. The lowest BCUT2D eigenvalue weighted by atomic mass is 10.1. The van der Waals surface area contributed by atoms with E-state index in [4.69, 9.17) is 39.5 Å². The first-order chi connectivity index (χ1) is 15.3. The Morgan fingerprint density at radius 1 is 0.906 bits per heavy atom. The van der Waals surface area contributed by atoms with Crippen molar-refractivity contribution >= 4 is 58.0 Å². The molecule has 0 saturated carbocycles. The minimum absolute atomic E-state index is 0.147. The third-order valence-corrected chi connectivity index (χ3v) is 5.39. The van der Waals surface area contributed by atoms with Crippen molar-refractivity contribution in [2.24, 2.45) is 5.10 Å². The summed E-state index contributed by atoms with van der Waals surface area (Å²) in [6.45, 7) is 2.11. The average Bonchev–Trinajstić information content (AvgIpc) is 2.80. The van der Waals surface area contributed by atoms with Gasteiger partial charge in [0.05, 0.1) is 21.4 Å². The molecule has 6 nitrogen and oxygen atoms in total. The molecule has 0 radical (unpaired) electrons. The van der Waals surface area contributed by atoms with E-state index < -0.39 is 11.8 Å². The fraction of sp³-hybridized carbons (Fsp3) is 0.0870. The van der Waals surface area contributed by atoms with Crippen LogP contribution in [0.4, 0.5) is 5.69 Å². The largest absolute Gasteiger partial charge is 0.489 e. The van der Waals surface area contributed by atoms with Crippen LogP contribution < -0.4 is 15.5 Å². The normalized spacial score (nSPS) is 11.1. The molecule has 3 aromatic rings. The molecule has 0 aliphatic rings. The van der Waals surface area contributed by atoms with Crippen LogP contribution in [0, 0.1) is 0 Å². The predicted octanol–water partition coefficient (Wildman–Crippen LogP) is 5.70. The van der Waals surface area contributed by atoms with E-state index in [-0.39, 0.29) is 15.7 Å². The topological polar surface area (TPSA) is 79.8 Å². The summed E-state index contributed by atoms with van der Waals surface area (Å²) in [6.07, 6.45) is 0. The molecule has 164 valence electrons.